The van der Waals surface area contributed by atoms with Crippen LogP contribution in [-0.4, -0.2) is 23.0 Å². The van der Waals surface area contributed by atoms with Crippen LogP contribution in [0.1, 0.15) is 31.1 Å². The molecule has 17 heavy (non-hydrogen) atoms. The van der Waals surface area contributed by atoms with Crippen LogP contribution >= 0.6 is 11.6 Å². The maximum atomic E-state index is 11.4. The Kier molecular flexibility index (Phi) is 4.07. The molecule has 0 aromatic carbocycles. The van der Waals surface area contributed by atoms with Gasteiger partial charge in [0.2, 0.25) is 0 Å². The number of halogens is 1. The Hall–Kier alpha value is -1.62. The lowest BCUT2D eigenvalue weighted by Gasteiger charge is -2.19. The van der Waals surface area contributed by atoms with E-state index in [4.69, 9.17) is 16.3 Å². The van der Waals surface area contributed by atoms with Crippen molar-refractivity contribution in [1.82, 2.24) is 4.98 Å². The third-order valence-corrected chi connectivity index (χ3v) is 1.91. The third kappa shape index (κ3) is 4.40. The molecule has 1 heterocycles. The van der Waals surface area contributed by atoms with Gasteiger partial charge in [0.05, 0.1) is 5.02 Å². The number of hydrogen-bond acceptors (Lipinski definition) is 4. The monoisotopic (exact) mass is 256 g/mol. The number of aldehydes is 1. The highest BCUT2D eigenvalue weighted by Crippen LogP contribution is 2.20. The fourth-order valence-electron chi connectivity index (χ4n) is 1.01. The van der Waals surface area contributed by atoms with E-state index < -0.39 is 11.7 Å². The fourth-order valence-corrected chi connectivity index (χ4v) is 1.23. The second-order valence-corrected chi connectivity index (χ2v) is 4.75. The van der Waals surface area contributed by atoms with Crippen molar-refractivity contribution in [2.45, 2.75) is 26.4 Å². The highest BCUT2D eigenvalue weighted by molar-refractivity contribution is 6.33. The number of amides is 1. The topological polar surface area (TPSA) is 68.3 Å². The predicted molar refractivity (Wildman–Crippen MR) is 64.5 cm³/mol. The first-order chi connectivity index (χ1) is 7.81. The summed E-state index contributed by atoms with van der Waals surface area (Å²) in [5.41, 5.74) is -0.260. The van der Waals surface area contributed by atoms with Crippen LogP contribution in [-0.2, 0) is 4.74 Å². The maximum absolute atomic E-state index is 11.4. The third-order valence-electron chi connectivity index (χ3n) is 1.62. The number of carbonyl (C=O) groups excluding carboxylic acids is 2. The largest absolute Gasteiger partial charge is 0.444 e. The molecule has 0 saturated carbocycles. The molecule has 0 atom stereocenters. The van der Waals surface area contributed by atoms with E-state index in [1.165, 1.54) is 12.3 Å². The van der Waals surface area contributed by atoms with Gasteiger partial charge in [0, 0.05) is 11.8 Å². The van der Waals surface area contributed by atoms with E-state index in [9.17, 15) is 9.59 Å². The number of nitrogens with zero attached hydrogens (tertiary/aromatic N) is 1. The highest BCUT2D eigenvalue weighted by Gasteiger charge is 2.17. The van der Waals surface area contributed by atoms with Gasteiger partial charge in [0.15, 0.2) is 12.1 Å². The standard InChI is InChI=1S/C11H13ClN2O3/c1-11(2,3)17-10(16)14-9-8(12)4-7(6-15)5-13-9/h4-6H,1-3H3,(H,13,14,16). The van der Waals surface area contributed by atoms with Crippen LogP contribution in [0.25, 0.3) is 0 Å². The molecule has 0 unspecified atom stereocenters. The van der Waals surface area contributed by atoms with Gasteiger partial charge >= 0.3 is 6.09 Å². The molecule has 0 aliphatic heterocycles. The van der Waals surface area contributed by atoms with Crippen molar-refractivity contribution in [3.05, 3.63) is 22.8 Å². The van der Waals surface area contributed by atoms with Crippen molar-refractivity contribution < 1.29 is 14.3 Å². The van der Waals surface area contributed by atoms with Crippen LogP contribution in [0.15, 0.2) is 12.3 Å². The lowest BCUT2D eigenvalue weighted by molar-refractivity contribution is 0.0635. The van der Waals surface area contributed by atoms with Gasteiger partial charge in [-0.1, -0.05) is 11.6 Å². The number of aromatic nitrogens is 1. The number of hydrogen-bond donors (Lipinski definition) is 1. The van der Waals surface area contributed by atoms with E-state index in [1.807, 2.05) is 0 Å². The van der Waals surface area contributed by atoms with Crippen molar-refractivity contribution >= 4 is 29.8 Å². The first-order valence-electron chi connectivity index (χ1n) is 4.92. The van der Waals surface area contributed by atoms with Crippen molar-refractivity contribution in [1.29, 1.82) is 0 Å². The van der Waals surface area contributed by atoms with E-state index >= 15 is 0 Å². The minimum Gasteiger partial charge on any atom is -0.444 e. The van der Waals surface area contributed by atoms with E-state index in [2.05, 4.69) is 10.3 Å². The summed E-state index contributed by atoms with van der Waals surface area (Å²) in [6.45, 7) is 5.24. The average molecular weight is 257 g/mol. The second-order valence-electron chi connectivity index (χ2n) is 4.34. The average Bonchev–Trinajstić information content (AvgIpc) is 2.18. The van der Waals surface area contributed by atoms with Gasteiger partial charge in [-0.2, -0.15) is 0 Å². The minimum atomic E-state index is -0.647. The Morgan fingerprint density at radius 1 is 1.53 bits per heavy atom. The molecule has 1 aromatic rings. The van der Waals surface area contributed by atoms with Gasteiger partial charge in [-0.25, -0.2) is 9.78 Å². The molecule has 0 aliphatic carbocycles. The van der Waals surface area contributed by atoms with E-state index in [1.54, 1.807) is 20.8 Å². The van der Waals surface area contributed by atoms with Crippen molar-refractivity contribution in [2.24, 2.45) is 0 Å². The smallest absolute Gasteiger partial charge is 0.413 e. The molecule has 1 amide bonds. The number of rotatable bonds is 2. The molecule has 1 N–H and O–H groups in total. The molecule has 0 fully saturated rings. The fraction of sp³-hybridized carbons (Fsp3) is 0.364. The van der Waals surface area contributed by atoms with Gasteiger partial charge in [0.25, 0.3) is 0 Å². The molecule has 0 saturated heterocycles. The minimum absolute atomic E-state index is 0.159. The molecule has 92 valence electrons. The molecule has 6 heteroatoms. The molecule has 1 rings (SSSR count). The normalized spacial score (nSPS) is 10.8. The Balaban J connectivity index is 2.75. The molecular formula is C11H13ClN2O3. The van der Waals surface area contributed by atoms with Crippen LogP contribution in [0.5, 0.6) is 0 Å². The van der Waals surface area contributed by atoms with Gasteiger partial charge in [0.1, 0.15) is 5.60 Å². The van der Waals surface area contributed by atoms with Crippen LogP contribution in [0.2, 0.25) is 5.02 Å². The number of carbonyl (C=O) groups is 2. The molecule has 1 aromatic heterocycles. The number of nitrogens with one attached hydrogen (secondary N) is 1. The van der Waals surface area contributed by atoms with Gasteiger partial charge < -0.3 is 4.74 Å². The quantitative estimate of drug-likeness (QED) is 0.826. The Morgan fingerprint density at radius 3 is 2.65 bits per heavy atom. The van der Waals surface area contributed by atoms with Crippen molar-refractivity contribution in [3.8, 4) is 0 Å². The van der Waals surface area contributed by atoms with Gasteiger partial charge in [-0.05, 0) is 26.8 Å². The van der Waals surface area contributed by atoms with Gasteiger partial charge in [-0.3, -0.25) is 10.1 Å². The lowest BCUT2D eigenvalue weighted by Crippen LogP contribution is -2.27. The summed E-state index contributed by atoms with van der Waals surface area (Å²) in [6.07, 6.45) is 1.28. The summed E-state index contributed by atoms with van der Waals surface area (Å²) in [4.78, 5) is 25.7. The number of ether oxygens (including phenoxy) is 1. The number of pyridine rings is 1. The first-order valence-corrected chi connectivity index (χ1v) is 5.30. The number of anilines is 1. The molecular weight excluding hydrogens is 244 g/mol. The SMILES string of the molecule is CC(C)(C)OC(=O)Nc1ncc(C=O)cc1Cl. The molecule has 0 aliphatic rings. The van der Waals surface area contributed by atoms with Crippen LogP contribution in [0.4, 0.5) is 10.6 Å². The zero-order valence-corrected chi connectivity index (χ0v) is 10.5. The zero-order valence-electron chi connectivity index (χ0n) is 9.78. The Morgan fingerprint density at radius 2 is 2.18 bits per heavy atom. The molecule has 0 radical (unpaired) electrons. The van der Waals surface area contributed by atoms with Crippen LogP contribution in [0, 0.1) is 0 Å². The summed E-state index contributed by atoms with van der Waals surface area (Å²) in [7, 11) is 0. The maximum Gasteiger partial charge on any atom is 0.413 e. The van der Waals surface area contributed by atoms with Crippen molar-refractivity contribution in [3.63, 3.8) is 0 Å². The summed E-state index contributed by atoms with van der Waals surface area (Å²) in [5, 5.41) is 2.58. The lowest BCUT2D eigenvalue weighted by atomic mass is 10.2. The van der Waals surface area contributed by atoms with E-state index in [0.29, 0.717) is 11.8 Å². The van der Waals surface area contributed by atoms with E-state index in [-0.39, 0.29) is 10.8 Å². The predicted octanol–water partition coefficient (Wildman–Crippen LogP) is 2.89. The Labute approximate surface area is 104 Å². The second kappa shape index (κ2) is 5.14. The van der Waals surface area contributed by atoms with Crippen molar-refractivity contribution in [2.75, 3.05) is 5.32 Å². The highest BCUT2D eigenvalue weighted by atomic mass is 35.5. The summed E-state index contributed by atoms with van der Waals surface area (Å²) >= 11 is 5.83. The summed E-state index contributed by atoms with van der Waals surface area (Å²) in [6, 6.07) is 1.41. The molecule has 0 spiro atoms. The van der Waals surface area contributed by atoms with E-state index in [0.717, 1.165) is 0 Å². The first kappa shape index (κ1) is 13.4. The van der Waals surface area contributed by atoms with Crippen LogP contribution < -0.4 is 5.32 Å². The summed E-state index contributed by atoms with van der Waals surface area (Å²) < 4.78 is 5.03. The molecule has 5 nitrogen and oxygen atoms in total. The zero-order chi connectivity index (χ0) is 13.1. The summed E-state index contributed by atoms with van der Waals surface area (Å²) in [5.74, 6) is 0.159. The Bertz CT molecular complexity index is 441. The molecule has 0 bridgehead atoms. The van der Waals surface area contributed by atoms with Gasteiger partial charge in [-0.15, -0.1) is 0 Å². The van der Waals surface area contributed by atoms with Crippen LogP contribution in [0.3, 0.4) is 0 Å².